The number of fused-ring (bicyclic) bond motifs is 1. The second kappa shape index (κ2) is 15.8. The molecule has 2 aromatic rings. The number of ketones is 1. The molecule has 0 spiro atoms. The fourth-order valence-electron chi connectivity index (χ4n) is 7.68. The summed E-state index contributed by atoms with van der Waals surface area (Å²) in [5.41, 5.74) is 9.72. The predicted molar refractivity (Wildman–Crippen MR) is 173 cm³/mol. The predicted octanol–water partition coefficient (Wildman–Crippen LogP) is 6.07. The number of pyridine rings is 1. The van der Waals surface area contributed by atoms with Gasteiger partial charge in [-0.2, -0.15) is 0 Å². The summed E-state index contributed by atoms with van der Waals surface area (Å²) in [6, 6.07) is 15.4. The van der Waals surface area contributed by atoms with Crippen molar-refractivity contribution in [1.82, 2.24) is 19.7 Å². The number of halogens is 2. The van der Waals surface area contributed by atoms with Crippen LogP contribution in [0.2, 0.25) is 0 Å². The molecule has 2 aliphatic carbocycles. The highest BCUT2D eigenvalue weighted by atomic mass is 19.3. The largest absolute Gasteiger partial charge is 0.330 e. The molecule has 1 aromatic heterocycles. The summed E-state index contributed by atoms with van der Waals surface area (Å²) in [7, 11) is 2.26. The summed E-state index contributed by atoms with van der Waals surface area (Å²) >= 11 is 0. The molecule has 1 aromatic carbocycles. The van der Waals surface area contributed by atoms with Gasteiger partial charge in [-0.15, -0.1) is 0 Å². The molecule has 0 bridgehead atoms. The van der Waals surface area contributed by atoms with Gasteiger partial charge in [0.15, 0.2) is 0 Å². The Labute approximate surface area is 263 Å². The van der Waals surface area contributed by atoms with Crippen LogP contribution in [0.1, 0.15) is 93.0 Å². The lowest BCUT2D eigenvalue weighted by atomic mass is 9.80. The highest BCUT2D eigenvalue weighted by Gasteiger charge is 2.38. The van der Waals surface area contributed by atoms with E-state index in [9.17, 15) is 13.6 Å². The van der Waals surface area contributed by atoms with E-state index < -0.39 is 5.92 Å². The maximum atomic E-state index is 13.8. The molecule has 1 saturated carbocycles. The number of nitrogens with zero attached hydrogens (tertiary/aromatic N) is 4. The van der Waals surface area contributed by atoms with Crippen LogP contribution >= 0.6 is 0 Å². The van der Waals surface area contributed by atoms with E-state index in [2.05, 4.69) is 46.0 Å². The summed E-state index contributed by atoms with van der Waals surface area (Å²) in [4.78, 5) is 26.0. The number of likely N-dealkylation sites (N-methyl/N-ethyl adjacent to an activating group) is 1. The number of rotatable bonds is 14. The standard InChI is InChI=1S/C36H53F2N5O/c1-41-23-24-42(22-16-31(28-9-3-2-4-10-28)25-34(44)29-14-17-36(37,38)18-15-29)26-32(41)27-43(21-6-5-19-39)33-13-7-11-30-12-8-20-40-35(30)33/h2-4,8-10,12,20,29,31-33H,5-7,11,13-19,21-27,39H2,1H3/t31-,32+,33?/m1/s1. The van der Waals surface area contributed by atoms with Crippen molar-refractivity contribution >= 4 is 5.78 Å². The molecule has 5 rings (SSSR count). The van der Waals surface area contributed by atoms with Gasteiger partial charge in [0.05, 0.1) is 11.7 Å². The zero-order valence-corrected chi connectivity index (χ0v) is 26.7. The maximum Gasteiger partial charge on any atom is 0.248 e. The van der Waals surface area contributed by atoms with E-state index in [1.165, 1.54) is 23.2 Å². The van der Waals surface area contributed by atoms with Crippen LogP contribution in [0.3, 0.4) is 0 Å². The van der Waals surface area contributed by atoms with E-state index >= 15 is 0 Å². The van der Waals surface area contributed by atoms with Crippen molar-refractivity contribution in [3.05, 3.63) is 65.5 Å². The number of piperazine rings is 1. The zero-order valence-electron chi connectivity index (χ0n) is 26.7. The summed E-state index contributed by atoms with van der Waals surface area (Å²) in [6.45, 7) is 6.73. The van der Waals surface area contributed by atoms with Crippen LogP contribution in [0, 0.1) is 5.92 Å². The Balaban J connectivity index is 1.22. The first-order valence-electron chi connectivity index (χ1n) is 17.1. The van der Waals surface area contributed by atoms with Crippen LogP contribution in [0.4, 0.5) is 8.78 Å². The number of hydrogen-bond acceptors (Lipinski definition) is 6. The summed E-state index contributed by atoms with van der Waals surface area (Å²) < 4.78 is 27.5. The monoisotopic (exact) mass is 609 g/mol. The van der Waals surface area contributed by atoms with Gasteiger partial charge < -0.3 is 10.6 Å². The van der Waals surface area contributed by atoms with Crippen molar-refractivity contribution < 1.29 is 13.6 Å². The first-order valence-corrected chi connectivity index (χ1v) is 17.1. The molecule has 6 nitrogen and oxygen atoms in total. The molecule has 3 aliphatic rings. The second-order valence-corrected chi connectivity index (χ2v) is 13.6. The van der Waals surface area contributed by atoms with Crippen LogP contribution in [-0.2, 0) is 11.2 Å². The molecular weight excluding hydrogens is 556 g/mol. The number of hydrogen-bond donors (Lipinski definition) is 1. The topological polar surface area (TPSA) is 65.7 Å². The van der Waals surface area contributed by atoms with Crippen molar-refractivity contribution in [3.63, 3.8) is 0 Å². The molecule has 2 fully saturated rings. The second-order valence-electron chi connectivity index (χ2n) is 13.6. The molecule has 0 radical (unpaired) electrons. The molecule has 1 aliphatic heterocycles. The number of unbranched alkanes of at least 4 members (excludes halogenated alkanes) is 1. The lowest BCUT2D eigenvalue weighted by Crippen LogP contribution is -2.56. The van der Waals surface area contributed by atoms with Crippen LogP contribution < -0.4 is 5.73 Å². The van der Waals surface area contributed by atoms with Crippen LogP contribution in [0.5, 0.6) is 0 Å². The van der Waals surface area contributed by atoms with Crippen LogP contribution in [0.15, 0.2) is 48.7 Å². The van der Waals surface area contributed by atoms with E-state index in [0.29, 0.717) is 31.3 Å². The molecule has 242 valence electrons. The maximum absolute atomic E-state index is 13.8. The molecule has 0 amide bonds. The van der Waals surface area contributed by atoms with Crippen molar-refractivity contribution in [2.24, 2.45) is 11.7 Å². The average molecular weight is 610 g/mol. The van der Waals surface area contributed by atoms with Gasteiger partial charge in [-0.25, -0.2) is 8.78 Å². The summed E-state index contributed by atoms with van der Waals surface area (Å²) in [5.74, 6) is -2.55. The van der Waals surface area contributed by atoms with Crippen LogP contribution in [0.25, 0.3) is 0 Å². The van der Waals surface area contributed by atoms with Gasteiger partial charge in [0.2, 0.25) is 5.92 Å². The van der Waals surface area contributed by atoms with Gasteiger partial charge in [0.1, 0.15) is 5.78 Å². The molecule has 3 atom stereocenters. The Morgan fingerprint density at radius 1 is 1.09 bits per heavy atom. The van der Waals surface area contributed by atoms with Crippen molar-refractivity contribution in [3.8, 4) is 0 Å². The Kier molecular flexibility index (Phi) is 11.9. The number of benzene rings is 1. The number of nitrogens with two attached hydrogens (primary N) is 1. The number of Topliss-reactive ketones (excluding diaryl/α,β-unsaturated/α-hetero) is 1. The van der Waals surface area contributed by atoms with Gasteiger partial charge in [-0.3, -0.25) is 19.6 Å². The molecule has 1 saturated heterocycles. The lowest BCUT2D eigenvalue weighted by molar-refractivity contribution is -0.127. The number of alkyl halides is 2. The van der Waals surface area contributed by atoms with Crippen LogP contribution in [-0.4, -0.2) is 90.3 Å². The summed E-state index contributed by atoms with van der Waals surface area (Å²) in [5, 5.41) is 0. The Morgan fingerprint density at radius 3 is 2.66 bits per heavy atom. The van der Waals surface area contributed by atoms with Gasteiger partial charge in [-0.05, 0) is 101 Å². The highest BCUT2D eigenvalue weighted by molar-refractivity contribution is 5.82. The molecule has 2 N–H and O–H groups in total. The lowest BCUT2D eigenvalue weighted by Gasteiger charge is -2.44. The van der Waals surface area contributed by atoms with Crippen molar-refractivity contribution in [1.29, 1.82) is 0 Å². The first-order chi connectivity index (χ1) is 21.3. The number of aryl methyl sites for hydroxylation is 1. The molecule has 1 unspecified atom stereocenters. The third kappa shape index (κ3) is 8.93. The Morgan fingerprint density at radius 2 is 1.89 bits per heavy atom. The van der Waals surface area contributed by atoms with E-state index in [0.717, 1.165) is 77.9 Å². The third-order valence-corrected chi connectivity index (χ3v) is 10.5. The highest BCUT2D eigenvalue weighted by Crippen LogP contribution is 2.38. The fraction of sp³-hybridized carbons (Fsp3) is 0.667. The quantitative estimate of drug-likeness (QED) is 0.262. The minimum atomic E-state index is -2.61. The minimum Gasteiger partial charge on any atom is -0.330 e. The smallest absolute Gasteiger partial charge is 0.248 e. The molecular formula is C36H53F2N5O. The van der Waals surface area contributed by atoms with E-state index in [-0.39, 0.29) is 30.5 Å². The number of carbonyl (C=O) groups is 1. The molecule has 8 heteroatoms. The van der Waals surface area contributed by atoms with Gasteiger partial charge in [0, 0.05) is 63.6 Å². The SMILES string of the molecule is CN1CCN(CC[C@H](CC(=O)C2CCC(F)(F)CC2)c2ccccc2)C[C@H]1CN(CCCCN)C1CCCc2cccnc21. The van der Waals surface area contributed by atoms with Crippen molar-refractivity contribution in [2.45, 2.75) is 94.6 Å². The van der Waals surface area contributed by atoms with E-state index in [1.807, 2.05) is 24.4 Å². The average Bonchev–Trinajstić information content (AvgIpc) is 3.04. The van der Waals surface area contributed by atoms with Gasteiger partial charge in [0.25, 0.3) is 0 Å². The normalized spacial score (nSPS) is 23.8. The Bertz CT molecular complexity index is 1170. The Hall–Kier alpha value is -2.26. The summed E-state index contributed by atoms with van der Waals surface area (Å²) in [6.07, 6.45) is 9.20. The third-order valence-electron chi connectivity index (χ3n) is 10.5. The van der Waals surface area contributed by atoms with E-state index in [4.69, 9.17) is 10.7 Å². The molecule has 44 heavy (non-hydrogen) atoms. The zero-order chi connectivity index (χ0) is 30.9. The first kappa shape index (κ1) is 33.1. The molecule has 2 heterocycles. The van der Waals surface area contributed by atoms with E-state index in [1.54, 1.807) is 0 Å². The fourth-order valence-corrected chi connectivity index (χ4v) is 7.68. The van der Waals surface area contributed by atoms with Gasteiger partial charge >= 0.3 is 0 Å². The number of carbonyl (C=O) groups excluding carboxylic acids is 1. The minimum absolute atomic E-state index is 0.113. The number of aromatic nitrogens is 1. The van der Waals surface area contributed by atoms with Gasteiger partial charge in [-0.1, -0.05) is 36.4 Å². The van der Waals surface area contributed by atoms with Crippen molar-refractivity contribution in [2.75, 3.05) is 52.9 Å².